The second-order valence-electron chi connectivity index (χ2n) is 26.7. The lowest BCUT2D eigenvalue weighted by atomic mass is 9.40. The lowest BCUT2D eigenvalue weighted by molar-refractivity contribution is 0.589. The summed E-state index contributed by atoms with van der Waals surface area (Å²) in [5.74, 6) is 0. The van der Waals surface area contributed by atoms with Gasteiger partial charge in [-0.1, -0.05) is 206 Å². The standard InChI is InChI=1S/C71H70BN3/c1-67(2,3)45-30-34-50(35-31-45)74-58-41-48(70(10,11)12)40-55-60-63-53(51-38-46(68(4,5)6)32-36-56(51)73(63)49-28-22-17-23-29-49)42-54-52-39-47(69(7,8)9)33-37-57(52)75(64(54)60)72(62(55)58)66-65(74)59(43-24-18-15-19-25-43)61(71(66,13)14)44-26-20-16-21-27-44/h15-42H,1-14H3. The van der Waals surface area contributed by atoms with Crippen molar-refractivity contribution in [3.8, 4) is 16.8 Å². The molecule has 0 radical (unpaired) electrons. The van der Waals surface area contributed by atoms with E-state index in [2.05, 4.69) is 281 Å². The van der Waals surface area contributed by atoms with Crippen LogP contribution in [0.5, 0.6) is 0 Å². The van der Waals surface area contributed by atoms with Crippen LogP contribution in [-0.2, 0) is 21.7 Å². The van der Waals surface area contributed by atoms with E-state index < -0.39 is 5.41 Å². The van der Waals surface area contributed by atoms with Crippen LogP contribution in [0.15, 0.2) is 181 Å². The van der Waals surface area contributed by atoms with Crippen LogP contribution in [0.25, 0.3) is 71.6 Å². The van der Waals surface area contributed by atoms with Crippen LogP contribution in [-0.4, -0.2) is 15.9 Å². The van der Waals surface area contributed by atoms with Crippen molar-refractivity contribution in [2.75, 3.05) is 4.90 Å². The normalized spacial score (nSPS) is 15.5. The van der Waals surface area contributed by atoms with Crippen molar-refractivity contribution in [2.24, 2.45) is 5.41 Å². The van der Waals surface area contributed by atoms with Crippen molar-refractivity contribution in [3.63, 3.8) is 0 Å². The molecule has 372 valence electrons. The predicted molar refractivity (Wildman–Crippen MR) is 324 cm³/mol. The molecule has 0 atom stereocenters. The summed E-state index contributed by atoms with van der Waals surface area (Å²) in [7, 11) is 0. The summed E-state index contributed by atoms with van der Waals surface area (Å²) < 4.78 is 5.43. The lowest BCUT2D eigenvalue weighted by Gasteiger charge is -2.44. The second kappa shape index (κ2) is 15.9. The summed E-state index contributed by atoms with van der Waals surface area (Å²) in [4.78, 5) is 2.71. The van der Waals surface area contributed by atoms with Gasteiger partial charge < -0.3 is 13.9 Å². The number of hydrogen-bond donors (Lipinski definition) is 0. The third-order valence-corrected chi connectivity index (χ3v) is 17.3. The highest BCUT2D eigenvalue weighted by molar-refractivity contribution is 6.85. The Morgan fingerprint density at radius 3 is 1.51 bits per heavy atom. The number of benzene rings is 8. The number of nitrogens with zero attached hydrogens (tertiary/aromatic N) is 3. The molecule has 75 heavy (non-hydrogen) atoms. The van der Waals surface area contributed by atoms with E-state index in [1.165, 1.54) is 133 Å². The van der Waals surface area contributed by atoms with E-state index in [1.807, 2.05) is 0 Å². The molecule has 8 aromatic carbocycles. The molecule has 0 N–H and O–H groups in total. The first kappa shape index (κ1) is 47.4. The minimum absolute atomic E-state index is 0.000156. The molecule has 10 aromatic rings. The van der Waals surface area contributed by atoms with Crippen molar-refractivity contribution >= 4 is 78.4 Å². The fourth-order valence-electron chi connectivity index (χ4n) is 13.4. The average Bonchev–Trinajstić information content (AvgIpc) is 4.20. The maximum Gasteiger partial charge on any atom is 0.329 e. The molecule has 1 aliphatic carbocycles. The first-order valence-electron chi connectivity index (χ1n) is 27.4. The van der Waals surface area contributed by atoms with Crippen LogP contribution in [0.4, 0.5) is 11.4 Å². The average molecular weight is 976 g/mol. The van der Waals surface area contributed by atoms with Crippen LogP contribution < -0.4 is 10.4 Å². The Hall–Kier alpha value is -7.30. The van der Waals surface area contributed by atoms with Gasteiger partial charge in [0.1, 0.15) is 0 Å². The molecule has 4 heterocycles. The van der Waals surface area contributed by atoms with Crippen LogP contribution in [0.3, 0.4) is 0 Å². The van der Waals surface area contributed by atoms with Crippen molar-refractivity contribution in [1.29, 1.82) is 0 Å². The molecule has 0 saturated carbocycles. The maximum atomic E-state index is 2.83. The summed E-state index contributed by atoms with van der Waals surface area (Å²) in [6.07, 6.45) is 0. The van der Waals surface area contributed by atoms with E-state index in [-0.39, 0.29) is 28.5 Å². The minimum atomic E-state index is -0.425. The van der Waals surface area contributed by atoms with Gasteiger partial charge in [-0.2, -0.15) is 0 Å². The van der Waals surface area contributed by atoms with Gasteiger partial charge >= 0.3 is 6.85 Å². The molecular formula is C71H70BN3. The van der Waals surface area contributed by atoms with E-state index in [0.29, 0.717) is 0 Å². The van der Waals surface area contributed by atoms with E-state index in [9.17, 15) is 0 Å². The third-order valence-electron chi connectivity index (χ3n) is 17.3. The Kier molecular flexibility index (Phi) is 10.0. The van der Waals surface area contributed by atoms with Crippen LogP contribution in [0.1, 0.15) is 130 Å². The number of hydrogen-bond acceptors (Lipinski definition) is 1. The quantitative estimate of drug-likeness (QED) is 0.160. The molecule has 13 rings (SSSR count). The van der Waals surface area contributed by atoms with Gasteiger partial charge in [0.2, 0.25) is 0 Å². The van der Waals surface area contributed by atoms with Gasteiger partial charge in [-0.05, 0) is 138 Å². The largest absolute Gasteiger partial charge is 0.375 e. The Morgan fingerprint density at radius 1 is 0.427 bits per heavy atom. The zero-order chi connectivity index (χ0) is 52.5. The smallest absolute Gasteiger partial charge is 0.329 e. The van der Waals surface area contributed by atoms with Crippen molar-refractivity contribution in [1.82, 2.24) is 9.05 Å². The molecule has 2 aromatic heterocycles. The molecule has 0 saturated heterocycles. The number of allylic oxidation sites excluding steroid dienone is 3. The van der Waals surface area contributed by atoms with Crippen molar-refractivity contribution < 1.29 is 0 Å². The number of aromatic nitrogens is 2. The second-order valence-corrected chi connectivity index (χ2v) is 26.7. The molecule has 0 amide bonds. The predicted octanol–water partition coefficient (Wildman–Crippen LogP) is 18.4. The van der Waals surface area contributed by atoms with Crippen molar-refractivity contribution in [2.45, 2.75) is 119 Å². The molecule has 4 heteroatoms. The SMILES string of the molecule is CC1(C)C2=C(C(c3ccccc3)=C1c1ccccc1)N(c1ccc(C(C)(C)C)cc1)c1cc(C(C)(C)C)cc3c1B2n1c2ccc(C(C)(C)C)cc2c2cc4c5cc(C(C)(C)C)ccc5n(-c5ccccc5)c4c-3c21. The molecule has 0 fully saturated rings. The van der Waals surface area contributed by atoms with Crippen LogP contribution in [0.2, 0.25) is 0 Å². The monoisotopic (exact) mass is 976 g/mol. The fourth-order valence-corrected chi connectivity index (χ4v) is 13.4. The van der Waals surface area contributed by atoms with Gasteiger partial charge in [0.25, 0.3) is 0 Å². The Balaban J connectivity index is 1.29. The number of fused-ring (bicyclic) bond motifs is 10. The van der Waals surface area contributed by atoms with Gasteiger partial charge in [-0.3, -0.25) is 0 Å². The topological polar surface area (TPSA) is 13.1 Å². The van der Waals surface area contributed by atoms with Crippen LogP contribution in [0, 0.1) is 5.41 Å². The summed E-state index contributed by atoms with van der Waals surface area (Å²) >= 11 is 0. The van der Waals surface area contributed by atoms with Gasteiger partial charge in [-0.15, -0.1) is 0 Å². The van der Waals surface area contributed by atoms with E-state index in [1.54, 1.807) is 0 Å². The van der Waals surface area contributed by atoms with Gasteiger partial charge in [-0.25, -0.2) is 0 Å². The highest BCUT2D eigenvalue weighted by atomic mass is 15.2. The summed E-state index contributed by atoms with van der Waals surface area (Å²) in [6, 6.07) is 65.8. The Morgan fingerprint density at radius 2 is 0.933 bits per heavy atom. The van der Waals surface area contributed by atoms with E-state index >= 15 is 0 Å². The fraction of sp³-hybridized carbons (Fsp3) is 0.268. The maximum absolute atomic E-state index is 2.83. The summed E-state index contributed by atoms with van der Waals surface area (Å²) in [5.41, 5.74) is 25.2. The molecule has 0 spiro atoms. The molecule has 2 aliphatic heterocycles. The van der Waals surface area contributed by atoms with Crippen molar-refractivity contribution in [3.05, 3.63) is 214 Å². The number of para-hydroxylation sites is 1. The van der Waals surface area contributed by atoms with Gasteiger partial charge in [0.05, 0.1) is 11.0 Å². The van der Waals surface area contributed by atoms with E-state index in [4.69, 9.17) is 0 Å². The summed E-state index contributed by atoms with van der Waals surface area (Å²) in [6.45, 7) is 33.2. The molecule has 3 aliphatic rings. The highest BCUT2D eigenvalue weighted by Gasteiger charge is 2.55. The molecule has 0 unspecified atom stereocenters. The molecule has 3 nitrogen and oxygen atoms in total. The highest BCUT2D eigenvalue weighted by Crippen LogP contribution is 2.62. The van der Waals surface area contributed by atoms with Gasteiger partial charge in [0, 0.05) is 71.9 Å². The zero-order valence-electron chi connectivity index (χ0n) is 46.6. The van der Waals surface area contributed by atoms with Gasteiger partial charge in [0.15, 0.2) is 0 Å². The van der Waals surface area contributed by atoms with Crippen LogP contribution >= 0.6 is 0 Å². The first-order valence-corrected chi connectivity index (χ1v) is 27.4. The Bertz CT molecular complexity index is 4080. The lowest BCUT2D eigenvalue weighted by Crippen LogP contribution is -2.52. The van der Waals surface area contributed by atoms with E-state index in [0.717, 1.165) is 0 Å². The molecular weight excluding hydrogens is 906 g/mol. The first-order chi connectivity index (χ1) is 35.5. The minimum Gasteiger partial charge on any atom is -0.375 e. The Labute approximate surface area is 445 Å². The number of rotatable bonds is 4. The molecule has 0 bridgehead atoms. The number of anilines is 2. The summed E-state index contributed by atoms with van der Waals surface area (Å²) in [5, 5.41) is 5.22. The zero-order valence-corrected chi connectivity index (χ0v) is 46.6. The third kappa shape index (κ3) is 6.93.